The van der Waals surface area contributed by atoms with Gasteiger partial charge < -0.3 is 10.4 Å². The summed E-state index contributed by atoms with van der Waals surface area (Å²) in [6, 6.07) is 3.94. The van der Waals surface area contributed by atoms with Crippen molar-refractivity contribution in [3.05, 3.63) is 22.4 Å². The highest BCUT2D eigenvalue weighted by Crippen LogP contribution is 2.24. The molecule has 0 radical (unpaired) electrons. The van der Waals surface area contributed by atoms with E-state index in [1.165, 1.54) is 0 Å². The molecule has 0 amide bonds. The molecule has 0 aliphatic carbocycles. The molecule has 2 nitrogen and oxygen atoms in total. The van der Waals surface area contributed by atoms with Crippen molar-refractivity contribution >= 4 is 11.3 Å². The van der Waals surface area contributed by atoms with Crippen molar-refractivity contribution in [1.82, 2.24) is 5.32 Å². The SMILES string of the molecule is CC(C)CNCC(C)(O)c1cccs1. The molecule has 0 aliphatic heterocycles. The highest BCUT2D eigenvalue weighted by molar-refractivity contribution is 7.10. The van der Waals surface area contributed by atoms with Crippen LogP contribution in [0, 0.1) is 5.92 Å². The predicted molar refractivity (Wildman–Crippen MR) is 61.6 cm³/mol. The molecule has 0 spiro atoms. The van der Waals surface area contributed by atoms with Crippen LogP contribution in [0.1, 0.15) is 25.6 Å². The fourth-order valence-corrected chi connectivity index (χ4v) is 2.06. The minimum absolute atomic E-state index is 0.617. The molecule has 3 heteroatoms. The van der Waals surface area contributed by atoms with Gasteiger partial charge in [-0.25, -0.2) is 0 Å². The Balaban J connectivity index is 2.42. The molecule has 14 heavy (non-hydrogen) atoms. The molecule has 1 rings (SSSR count). The Morgan fingerprint density at radius 2 is 2.29 bits per heavy atom. The smallest absolute Gasteiger partial charge is 0.108 e. The highest BCUT2D eigenvalue weighted by atomic mass is 32.1. The van der Waals surface area contributed by atoms with Crippen LogP contribution < -0.4 is 5.32 Å². The van der Waals surface area contributed by atoms with Crippen molar-refractivity contribution in [2.75, 3.05) is 13.1 Å². The van der Waals surface area contributed by atoms with E-state index in [1.54, 1.807) is 11.3 Å². The lowest BCUT2D eigenvalue weighted by molar-refractivity contribution is 0.0602. The van der Waals surface area contributed by atoms with Gasteiger partial charge in [-0.05, 0) is 30.8 Å². The maximum Gasteiger partial charge on any atom is 0.108 e. The summed E-state index contributed by atoms with van der Waals surface area (Å²) in [6.45, 7) is 7.74. The second-order valence-corrected chi connectivity index (χ2v) is 5.22. The first-order valence-electron chi connectivity index (χ1n) is 4.99. The number of hydrogen-bond acceptors (Lipinski definition) is 3. The van der Waals surface area contributed by atoms with Crippen LogP contribution in [0.25, 0.3) is 0 Å². The van der Waals surface area contributed by atoms with Gasteiger partial charge in [0, 0.05) is 11.4 Å². The van der Waals surface area contributed by atoms with Gasteiger partial charge in [0.05, 0.1) is 0 Å². The van der Waals surface area contributed by atoms with Crippen LogP contribution >= 0.6 is 11.3 Å². The first-order valence-corrected chi connectivity index (χ1v) is 5.87. The molecular formula is C11H19NOS. The van der Waals surface area contributed by atoms with E-state index in [0.717, 1.165) is 11.4 Å². The van der Waals surface area contributed by atoms with Crippen molar-refractivity contribution in [3.8, 4) is 0 Å². The zero-order chi connectivity index (χ0) is 10.6. The summed E-state index contributed by atoms with van der Waals surface area (Å²) in [5, 5.41) is 15.4. The van der Waals surface area contributed by atoms with Crippen LogP contribution in [0.15, 0.2) is 17.5 Å². The molecule has 0 aliphatic rings. The molecule has 0 saturated carbocycles. The molecule has 1 unspecified atom stereocenters. The summed E-state index contributed by atoms with van der Waals surface area (Å²) in [7, 11) is 0. The molecule has 1 aromatic rings. The Labute approximate surface area is 90.0 Å². The first-order chi connectivity index (χ1) is 6.52. The third-order valence-corrected chi connectivity index (χ3v) is 3.20. The number of rotatable bonds is 5. The summed E-state index contributed by atoms with van der Waals surface area (Å²) in [6.07, 6.45) is 0. The molecule has 0 bridgehead atoms. The van der Waals surface area contributed by atoms with Gasteiger partial charge in [-0.1, -0.05) is 19.9 Å². The van der Waals surface area contributed by atoms with Crippen LogP contribution in [0.5, 0.6) is 0 Å². The third kappa shape index (κ3) is 3.40. The van der Waals surface area contributed by atoms with Gasteiger partial charge in [0.25, 0.3) is 0 Å². The van der Waals surface area contributed by atoms with Crippen molar-refractivity contribution in [2.45, 2.75) is 26.4 Å². The van der Waals surface area contributed by atoms with E-state index in [2.05, 4.69) is 19.2 Å². The molecule has 1 aromatic heterocycles. The van der Waals surface area contributed by atoms with Gasteiger partial charge in [0.15, 0.2) is 0 Å². The van der Waals surface area contributed by atoms with Crippen LogP contribution in [-0.4, -0.2) is 18.2 Å². The monoisotopic (exact) mass is 213 g/mol. The standard InChI is InChI=1S/C11H19NOS/c1-9(2)7-12-8-11(3,13)10-5-4-6-14-10/h4-6,9,12-13H,7-8H2,1-3H3. The summed E-state index contributed by atoms with van der Waals surface area (Å²) < 4.78 is 0. The second-order valence-electron chi connectivity index (χ2n) is 4.28. The van der Waals surface area contributed by atoms with E-state index in [1.807, 2.05) is 24.4 Å². The van der Waals surface area contributed by atoms with Gasteiger partial charge in [0.2, 0.25) is 0 Å². The maximum atomic E-state index is 10.1. The minimum atomic E-state index is -0.733. The van der Waals surface area contributed by atoms with Gasteiger partial charge in [-0.3, -0.25) is 0 Å². The van der Waals surface area contributed by atoms with E-state index in [9.17, 15) is 5.11 Å². The number of hydrogen-bond donors (Lipinski definition) is 2. The highest BCUT2D eigenvalue weighted by Gasteiger charge is 2.23. The summed E-state index contributed by atoms with van der Waals surface area (Å²) in [5.74, 6) is 0.620. The zero-order valence-electron chi connectivity index (χ0n) is 9.08. The Bertz CT molecular complexity index is 254. The van der Waals surface area contributed by atoms with E-state index >= 15 is 0 Å². The van der Waals surface area contributed by atoms with Crippen molar-refractivity contribution in [1.29, 1.82) is 0 Å². The van der Waals surface area contributed by atoms with Crippen LogP contribution in [0.3, 0.4) is 0 Å². The average Bonchev–Trinajstić information content (AvgIpc) is 2.54. The topological polar surface area (TPSA) is 32.3 Å². The fraction of sp³-hybridized carbons (Fsp3) is 0.636. The summed E-state index contributed by atoms with van der Waals surface area (Å²) in [5.41, 5.74) is -0.733. The molecule has 2 N–H and O–H groups in total. The van der Waals surface area contributed by atoms with Gasteiger partial charge in [0.1, 0.15) is 5.60 Å². The lowest BCUT2D eigenvalue weighted by Crippen LogP contribution is -2.36. The van der Waals surface area contributed by atoms with Crippen molar-refractivity contribution < 1.29 is 5.11 Å². The van der Waals surface area contributed by atoms with E-state index in [-0.39, 0.29) is 0 Å². The Morgan fingerprint density at radius 1 is 1.57 bits per heavy atom. The normalized spacial score (nSPS) is 15.8. The van der Waals surface area contributed by atoms with E-state index in [4.69, 9.17) is 0 Å². The van der Waals surface area contributed by atoms with Gasteiger partial charge in [-0.2, -0.15) is 0 Å². The molecule has 80 valence electrons. The maximum absolute atomic E-state index is 10.1. The largest absolute Gasteiger partial charge is 0.383 e. The second kappa shape index (κ2) is 4.91. The zero-order valence-corrected chi connectivity index (χ0v) is 9.90. The van der Waals surface area contributed by atoms with E-state index < -0.39 is 5.60 Å². The average molecular weight is 213 g/mol. The third-order valence-electron chi connectivity index (χ3n) is 2.07. The van der Waals surface area contributed by atoms with E-state index in [0.29, 0.717) is 12.5 Å². The molecule has 1 atom stereocenters. The fourth-order valence-electron chi connectivity index (χ4n) is 1.28. The Morgan fingerprint density at radius 3 is 2.79 bits per heavy atom. The quantitative estimate of drug-likeness (QED) is 0.786. The molecular weight excluding hydrogens is 194 g/mol. The van der Waals surface area contributed by atoms with Crippen molar-refractivity contribution in [3.63, 3.8) is 0 Å². The predicted octanol–water partition coefficient (Wildman–Crippen LogP) is 2.20. The lowest BCUT2D eigenvalue weighted by Gasteiger charge is -2.22. The Kier molecular flexibility index (Phi) is 4.11. The minimum Gasteiger partial charge on any atom is -0.383 e. The number of nitrogens with one attached hydrogen (secondary N) is 1. The van der Waals surface area contributed by atoms with Crippen LogP contribution in [-0.2, 0) is 5.60 Å². The Hall–Kier alpha value is -0.380. The summed E-state index contributed by atoms with van der Waals surface area (Å²) in [4.78, 5) is 1.02. The van der Waals surface area contributed by atoms with Crippen LogP contribution in [0.2, 0.25) is 0 Å². The molecule has 0 fully saturated rings. The first kappa shape index (κ1) is 11.7. The van der Waals surface area contributed by atoms with Gasteiger partial charge in [-0.15, -0.1) is 11.3 Å². The van der Waals surface area contributed by atoms with Crippen LogP contribution in [0.4, 0.5) is 0 Å². The number of aliphatic hydroxyl groups is 1. The molecule has 0 aromatic carbocycles. The number of thiophene rings is 1. The molecule has 0 saturated heterocycles. The van der Waals surface area contributed by atoms with Gasteiger partial charge >= 0.3 is 0 Å². The van der Waals surface area contributed by atoms with Crippen molar-refractivity contribution in [2.24, 2.45) is 5.92 Å². The molecule has 1 heterocycles. The lowest BCUT2D eigenvalue weighted by atomic mass is 10.1. The summed E-state index contributed by atoms with van der Waals surface area (Å²) >= 11 is 1.60.